The van der Waals surface area contributed by atoms with Crippen molar-refractivity contribution in [3.63, 3.8) is 0 Å². The van der Waals surface area contributed by atoms with Crippen LogP contribution >= 0.6 is 0 Å². The number of fused-ring (bicyclic) bond motifs is 2. The highest BCUT2D eigenvalue weighted by molar-refractivity contribution is 6.34. The summed E-state index contributed by atoms with van der Waals surface area (Å²) in [6, 6.07) is 17.2. The number of ether oxygens (including phenoxy) is 3. The summed E-state index contributed by atoms with van der Waals surface area (Å²) in [6.45, 7) is 3.15. The van der Waals surface area contributed by atoms with Crippen molar-refractivity contribution in [2.75, 3.05) is 18.1 Å². The summed E-state index contributed by atoms with van der Waals surface area (Å²) in [5.41, 5.74) is 1.84. The van der Waals surface area contributed by atoms with Gasteiger partial charge in [-0.05, 0) is 55.5 Å². The minimum Gasteiger partial charge on any atom is -0.480 e. The average Bonchev–Trinajstić information content (AvgIpc) is 3.62. The van der Waals surface area contributed by atoms with E-state index in [9.17, 15) is 18.8 Å². The lowest BCUT2D eigenvalue weighted by molar-refractivity contribution is -0.141. The molecule has 11 nitrogen and oxygen atoms in total. The van der Waals surface area contributed by atoms with E-state index in [-0.39, 0.29) is 41.8 Å². The number of carbonyl (C=O) groups excluding carboxylic acids is 3. The number of anilines is 1. The Morgan fingerprint density at radius 3 is 2.42 bits per heavy atom. The zero-order valence-corrected chi connectivity index (χ0v) is 23.1. The second kappa shape index (κ2) is 11.3. The van der Waals surface area contributed by atoms with E-state index in [4.69, 9.17) is 14.2 Å². The van der Waals surface area contributed by atoms with Gasteiger partial charge in [0.15, 0.2) is 11.6 Å². The Hall–Kier alpha value is -5.65. The van der Waals surface area contributed by atoms with Crippen LogP contribution < -0.4 is 14.4 Å². The summed E-state index contributed by atoms with van der Waals surface area (Å²) in [4.78, 5) is 48.1. The number of amides is 2. The van der Waals surface area contributed by atoms with E-state index in [2.05, 4.69) is 15.1 Å². The van der Waals surface area contributed by atoms with Gasteiger partial charge in [-0.1, -0.05) is 12.1 Å². The zero-order valence-electron chi connectivity index (χ0n) is 23.1. The van der Waals surface area contributed by atoms with Gasteiger partial charge in [-0.3, -0.25) is 14.4 Å². The third-order valence-corrected chi connectivity index (χ3v) is 6.68. The Morgan fingerprint density at radius 2 is 1.72 bits per heavy atom. The predicted octanol–water partition coefficient (Wildman–Crippen LogP) is 4.84. The monoisotopic (exact) mass is 581 g/mol. The molecule has 1 atom stereocenters. The Bertz CT molecular complexity index is 1840. The SMILES string of the molecule is CC(=O)OCCOc1ccc(-n2cccn2)c([C@H](C)Oc2cc3cc(F)ccc3nc2N2C(=O)c3ccccc3C2=O)n1. The van der Waals surface area contributed by atoms with Crippen molar-refractivity contribution in [1.82, 2.24) is 19.7 Å². The van der Waals surface area contributed by atoms with Crippen molar-refractivity contribution in [1.29, 1.82) is 0 Å². The van der Waals surface area contributed by atoms with Gasteiger partial charge in [0.2, 0.25) is 5.88 Å². The lowest BCUT2D eigenvalue weighted by atomic mass is 10.1. The molecule has 12 heteroatoms. The van der Waals surface area contributed by atoms with E-state index >= 15 is 0 Å². The molecule has 0 saturated carbocycles. The number of pyridine rings is 2. The van der Waals surface area contributed by atoms with E-state index in [0.717, 1.165) is 4.90 Å². The van der Waals surface area contributed by atoms with E-state index in [1.807, 2.05) is 0 Å². The minimum atomic E-state index is -0.807. The van der Waals surface area contributed by atoms with Crippen molar-refractivity contribution in [2.24, 2.45) is 0 Å². The number of imide groups is 1. The Balaban J connectivity index is 1.40. The first kappa shape index (κ1) is 27.5. The second-order valence-electron chi connectivity index (χ2n) is 9.59. The molecule has 0 bridgehead atoms. The minimum absolute atomic E-state index is 0.0356. The standard InChI is InChI=1S/C31H24FN5O6/c1-18(28-25(36-13-5-12-33-36)10-11-27(35-28)42-15-14-41-19(2)38)43-26-17-20-16-21(32)8-9-24(20)34-29(26)37-30(39)22-6-3-4-7-23(22)31(37)40/h3-13,16-18H,14-15H2,1-2H3/t18-/m0/s1. The van der Waals surface area contributed by atoms with Crippen LogP contribution in [0.25, 0.3) is 16.6 Å². The zero-order chi connectivity index (χ0) is 30.1. The van der Waals surface area contributed by atoms with Gasteiger partial charge >= 0.3 is 5.97 Å². The maximum atomic E-state index is 14.2. The molecule has 1 aliphatic heterocycles. The first-order valence-corrected chi connectivity index (χ1v) is 13.3. The van der Waals surface area contributed by atoms with E-state index in [1.54, 1.807) is 66.5 Å². The lowest BCUT2D eigenvalue weighted by Crippen LogP contribution is -2.31. The fraction of sp³-hybridized carbons (Fsp3) is 0.161. The molecule has 0 fully saturated rings. The summed E-state index contributed by atoms with van der Waals surface area (Å²) in [7, 11) is 0. The van der Waals surface area contributed by atoms with Crippen LogP contribution in [0.3, 0.4) is 0 Å². The molecule has 0 saturated heterocycles. The second-order valence-corrected chi connectivity index (χ2v) is 9.59. The van der Waals surface area contributed by atoms with Crippen LogP contribution in [0.15, 0.2) is 79.1 Å². The first-order chi connectivity index (χ1) is 20.8. The third-order valence-electron chi connectivity index (χ3n) is 6.68. The van der Waals surface area contributed by atoms with Gasteiger partial charge in [0.05, 0.1) is 22.3 Å². The molecule has 216 valence electrons. The van der Waals surface area contributed by atoms with Crippen molar-refractivity contribution >= 4 is 34.5 Å². The maximum absolute atomic E-state index is 14.2. The molecular formula is C31H24FN5O6. The van der Waals surface area contributed by atoms with Crippen LogP contribution in [0.5, 0.6) is 11.6 Å². The first-order valence-electron chi connectivity index (χ1n) is 13.3. The van der Waals surface area contributed by atoms with Crippen LogP contribution in [-0.2, 0) is 9.53 Å². The number of aromatic nitrogens is 4. The number of esters is 1. The summed E-state index contributed by atoms with van der Waals surface area (Å²) in [5, 5.41) is 4.71. The summed E-state index contributed by atoms with van der Waals surface area (Å²) in [6.07, 6.45) is 2.54. The van der Waals surface area contributed by atoms with Gasteiger partial charge in [-0.15, -0.1) is 0 Å². The molecule has 0 unspecified atom stereocenters. The Kier molecular flexibility index (Phi) is 7.24. The van der Waals surface area contributed by atoms with Gasteiger partial charge in [0, 0.05) is 30.8 Å². The molecule has 4 heterocycles. The molecule has 43 heavy (non-hydrogen) atoms. The van der Waals surface area contributed by atoms with Crippen molar-refractivity contribution < 1.29 is 33.0 Å². The molecule has 3 aromatic heterocycles. The molecule has 0 spiro atoms. The highest BCUT2D eigenvalue weighted by Gasteiger charge is 2.39. The van der Waals surface area contributed by atoms with Crippen molar-refractivity contribution in [3.8, 4) is 17.3 Å². The van der Waals surface area contributed by atoms with Crippen molar-refractivity contribution in [2.45, 2.75) is 20.0 Å². The molecule has 0 N–H and O–H groups in total. The largest absolute Gasteiger partial charge is 0.480 e. The number of rotatable bonds is 9. The van der Waals surface area contributed by atoms with E-state index < -0.39 is 29.7 Å². The number of benzene rings is 2. The van der Waals surface area contributed by atoms with Crippen molar-refractivity contribution in [3.05, 3.63) is 102 Å². The molecule has 2 amide bonds. The van der Waals surface area contributed by atoms with Gasteiger partial charge in [0.1, 0.15) is 30.8 Å². The highest BCUT2D eigenvalue weighted by atomic mass is 19.1. The molecule has 0 radical (unpaired) electrons. The number of hydrogen-bond acceptors (Lipinski definition) is 9. The Labute approximate surface area is 244 Å². The summed E-state index contributed by atoms with van der Waals surface area (Å²) in [5.74, 6) is -1.74. The van der Waals surface area contributed by atoms with Gasteiger partial charge in [0.25, 0.3) is 11.8 Å². The lowest BCUT2D eigenvalue weighted by Gasteiger charge is -2.22. The number of carbonyl (C=O) groups is 3. The third kappa shape index (κ3) is 5.37. The molecule has 5 aromatic rings. The fourth-order valence-electron chi connectivity index (χ4n) is 4.76. The van der Waals surface area contributed by atoms with Crippen LogP contribution in [0, 0.1) is 5.82 Å². The molecule has 2 aromatic carbocycles. The maximum Gasteiger partial charge on any atom is 0.302 e. The molecule has 1 aliphatic rings. The number of hydrogen-bond donors (Lipinski definition) is 0. The van der Waals surface area contributed by atoms with Gasteiger partial charge in [-0.25, -0.2) is 23.9 Å². The normalized spacial score (nSPS) is 13.2. The van der Waals surface area contributed by atoms with Crippen LogP contribution in [0.2, 0.25) is 0 Å². The van der Waals surface area contributed by atoms with E-state index in [1.165, 1.54) is 31.2 Å². The number of halogens is 1. The smallest absolute Gasteiger partial charge is 0.302 e. The topological polar surface area (TPSA) is 126 Å². The molecule has 0 aliphatic carbocycles. The summed E-state index contributed by atoms with van der Waals surface area (Å²) >= 11 is 0. The predicted molar refractivity (Wildman–Crippen MR) is 152 cm³/mol. The van der Waals surface area contributed by atoms with E-state index in [0.29, 0.717) is 22.3 Å². The van der Waals surface area contributed by atoms with Gasteiger partial charge < -0.3 is 14.2 Å². The van der Waals surface area contributed by atoms with Crippen LogP contribution in [0.1, 0.15) is 46.4 Å². The molecular weight excluding hydrogens is 557 g/mol. The Morgan fingerprint density at radius 1 is 0.953 bits per heavy atom. The average molecular weight is 582 g/mol. The molecule has 6 rings (SSSR count). The number of nitrogens with zero attached hydrogens (tertiary/aromatic N) is 5. The highest BCUT2D eigenvalue weighted by Crippen LogP contribution is 2.38. The summed E-state index contributed by atoms with van der Waals surface area (Å²) < 4.78 is 32.8. The fourth-order valence-corrected chi connectivity index (χ4v) is 4.76. The quantitative estimate of drug-likeness (QED) is 0.137. The van der Waals surface area contributed by atoms with Crippen LogP contribution in [-0.4, -0.2) is 50.7 Å². The van der Waals surface area contributed by atoms with Gasteiger partial charge in [-0.2, -0.15) is 5.10 Å². The van der Waals surface area contributed by atoms with Crippen LogP contribution in [0.4, 0.5) is 10.2 Å².